The zero-order valence-electron chi connectivity index (χ0n) is 17.0. The molecule has 1 aromatic heterocycles. The fourth-order valence-electron chi connectivity index (χ4n) is 4.28. The Bertz CT molecular complexity index is 1030. The largest absolute Gasteiger partial charge is 0.486 e. The molecule has 1 amide bonds. The minimum absolute atomic E-state index is 0.101. The highest BCUT2D eigenvalue weighted by molar-refractivity contribution is 7.18. The number of likely N-dealkylation sites (tertiary alicyclic amines) is 1. The lowest BCUT2D eigenvalue weighted by Crippen LogP contribution is -2.38. The minimum atomic E-state index is 0.101. The van der Waals surface area contributed by atoms with Gasteiger partial charge in [-0.3, -0.25) is 9.69 Å². The first-order valence-corrected chi connectivity index (χ1v) is 11.2. The molecule has 2 aromatic carbocycles. The number of likely N-dealkylation sites (N-methyl/N-ethyl adjacent to an activating group) is 1. The van der Waals surface area contributed by atoms with Crippen LogP contribution < -0.4 is 9.47 Å². The number of hydrogen-bond donors (Lipinski definition) is 0. The monoisotopic (exact) mass is 423 g/mol. The van der Waals surface area contributed by atoms with Gasteiger partial charge in [-0.05, 0) is 49.7 Å². The predicted molar refractivity (Wildman–Crippen MR) is 117 cm³/mol. The molecule has 0 bridgehead atoms. The number of amides is 1. The zero-order valence-corrected chi connectivity index (χ0v) is 17.9. The number of para-hydroxylation sites is 1. The third kappa shape index (κ3) is 3.87. The van der Waals surface area contributed by atoms with Crippen molar-refractivity contribution in [2.45, 2.75) is 25.4 Å². The van der Waals surface area contributed by atoms with E-state index in [0.29, 0.717) is 26.3 Å². The van der Waals surface area contributed by atoms with Gasteiger partial charge in [-0.25, -0.2) is 4.98 Å². The first kappa shape index (κ1) is 19.3. The molecular weight excluding hydrogens is 398 g/mol. The Kier molecular flexibility index (Phi) is 5.31. The van der Waals surface area contributed by atoms with Gasteiger partial charge in [-0.15, -0.1) is 11.3 Å². The van der Waals surface area contributed by atoms with Crippen molar-refractivity contribution in [1.82, 2.24) is 14.8 Å². The second-order valence-corrected chi connectivity index (χ2v) is 9.01. The summed E-state index contributed by atoms with van der Waals surface area (Å²) in [5.41, 5.74) is 2.15. The van der Waals surface area contributed by atoms with E-state index >= 15 is 0 Å². The van der Waals surface area contributed by atoms with Crippen LogP contribution >= 0.6 is 11.3 Å². The van der Waals surface area contributed by atoms with Gasteiger partial charge in [-0.2, -0.15) is 0 Å². The Morgan fingerprint density at radius 1 is 1.20 bits per heavy atom. The van der Waals surface area contributed by atoms with Crippen molar-refractivity contribution < 1.29 is 14.3 Å². The van der Waals surface area contributed by atoms with Gasteiger partial charge in [-0.1, -0.05) is 18.2 Å². The maximum atomic E-state index is 13.1. The molecule has 6 nitrogen and oxygen atoms in total. The molecular formula is C23H25N3O3S. The van der Waals surface area contributed by atoms with Gasteiger partial charge in [0.15, 0.2) is 11.5 Å². The molecule has 3 heterocycles. The van der Waals surface area contributed by atoms with Crippen LogP contribution in [-0.4, -0.2) is 54.0 Å². The van der Waals surface area contributed by atoms with Gasteiger partial charge in [0.2, 0.25) is 5.91 Å². The molecule has 7 heteroatoms. The lowest BCUT2D eigenvalue weighted by atomic mass is 10.0. The van der Waals surface area contributed by atoms with Crippen molar-refractivity contribution in [2.24, 2.45) is 0 Å². The van der Waals surface area contributed by atoms with E-state index in [1.807, 2.05) is 42.3 Å². The van der Waals surface area contributed by atoms with E-state index in [4.69, 9.17) is 9.47 Å². The summed E-state index contributed by atoms with van der Waals surface area (Å²) in [7, 11) is 1.99. The molecule has 0 aliphatic carbocycles. The smallest absolute Gasteiger partial charge is 0.237 e. The molecule has 1 atom stereocenters. The van der Waals surface area contributed by atoms with E-state index in [1.54, 1.807) is 11.3 Å². The maximum Gasteiger partial charge on any atom is 0.237 e. The quantitative estimate of drug-likeness (QED) is 0.624. The summed E-state index contributed by atoms with van der Waals surface area (Å²) in [6.45, 7) is 3.01. The van der Waals surface area contributed by atoms with E-state index in [0.717, 1.165) is 47.0 Å². The van der Waals surface area contributed by atoms with E-state index in [9.17, 15) is 4.79 Å². The van der Waals surface area contributed by atoms with Crippen molar-refractivity contribution >= 4 is 27.5 Å². The summed E-state index contributed by atoms with van der Waals surface area (Å²) in [4.78, 5) is 21.9. The molecule has 0 saturated carbocycles. The first-order valence-electron chi connectivity index (χ1n) is 10.4. The molecule has 1 fully saturated rings. The summed E-state index contributed by atoms with van der Waals surface area (Å²) < 4.78 is 12.5. The Balaban J connectivity index is 1.25. The number of hydrogen-bond acceptors (Lipinski definition) is 6. The van der Waals surface area contributed by atoms with Crippen LogP contribution in [0.25, 0.3) is 10.2 Å². The Morgan fingerprint density at radius 2 is 2.03 bits per heavy atom. The number of aromatic nitrogens is 1. The highest BCUT2D eigenvalue weighted by atomic mass is 32.1. The normalized spacial score (nSPS) is 18.3. The van der Waals surface area contributed by atoms with E-state index in [1.165, 1.54) is 4.70 Å². The van der Waals surface area contributed by atoms with Gasteiger partial charge in [0, 0.05) is 6.54 Å². The molecule has 1 saturated heterocycles. The highest BCUT2D eigenvalue weighted by Gasteiger charge is 2.31. The fraction of sp³-hybridized carbons (Fsp3) is 0.391. The van der Waals surface area contributed by atoms with Crippen molar-refractivity contribution in [3.05, 3.63) is 53.0 Å². The predicted octanol–water partition coefficient (Wildman–Crippen LogP) is 3.86. The molecule has 0 N–H and O–H groups in total. The number of nitrogens with zero attached hydrogens (tertiary/aromatic N) is 3. The van der Waals surface area contributed by atoms with E-state index in [-0.39, 0.29) is 11.9 Å². The standard InChI is InChI=1S/C23H25N3O3S/c1-25(14-22-24-17-5-2-3-7-21(17)30-22)15-23(27)26-10-4-6-18(26)16-8-9-19-20(13-16)29-12-11-28-19/h2-3,5,7-9,13,18H,4,6,10-12,14-15H2,1H3/t18-/m0/s1. The molecule has 156 valence electrons. The van der Waals surface area contributed by atoms with Crippen LogP contribution in [0, 0.1) is 0 Å². The Labute approximate surface area is 180 Å². The molecule has 30 heavy (non-hydrogen) atoms. The minimum Gasteiger partial charge on any atom is -0.486 e. The fourth-order valence-corrected chi connectivity index (χ4v) is 5.32. The summed E-state index contributed by atoms with van der Waals surface area (Å²) in [5, 5.41) is 1.04. The van der Waals surface area contributed by atoms with Crippen LogP contribution in [0.1, 0.15) is 29.5 Å². The number of rotatable bonds is 5. The zero-order chi connectivity index (χ0) is 20.5. The number of thiazole rings is 1. The number of carbonyl (C=O) groups excluding carboxylic acids is 1. The van der Waals surface area contributed by atoms with Crippen molar-refractivity contribution in [3.8, 4) is 11.5 Å². The average molecular weight is 424 g/mol. The second kappa shape index (κ2) is 8.24. The van der Waals surface area contributed by atoms with Crippen molar-refractivity contribution in [1.29, 1.82) is 0 Å². The van der Waals surface area contributed by atoms with Crippen LogP contribution in [0.4, 0.5) is 0 Å². The first-order chi connectivity index (χ1) is 14.7. The van der Waals surface area contributed by atoms with Gasteiger partial charge < -0.3 is 14.4 Å². The molecule has 0 unspecified atom stereocenters. The van der Waals surface area contributed by atoms with Crippen LogP contribution in [0.3, 0.4) is 0 Å². The van der Waals surface area contributed by atoms with Gasteiger partial charge in [0.1, 0.15) is 18.2 Å². The number of benzene rings is 2. The topological polar surface area (TPSA) is 54.9 Å². The lowest BCUT2D eigenvalue weighted by molar-refractivity contribution is -0.133. The SMILES string of the molecule is CN(CC(=O)N1CCC[C@H]1c1ccc2c(c1)OCCO2)Cc1nc2ccccc2s1. The third-order valence-electron chi connectivity index (χ3n) is 5.67. The third-order valence-corrected chi connectivity index (χ3v) is 6.69. The molecule has 3 aromatic rings. The van der Waals surface area contributed by atoms with Gasteiger partial charge >= 0.3 is 0 Å². The maximum absolute atomic E-state index is 13.1. The average Bonchev–Trinajstić information content (AvgIpc) is 3.40. The van der Waals surface area contributed by atoms with Crippen LogP contribution in [0.5, 0.6) is 11.5 Å². The summed E-state index contributed by atoms with van der Waals surface area (Å²) in [6, 6.07) is 14.3. The highest BCUT2D eigenvalue weighted by Crippen LogP contribution is 2.38. The lowest BCUT2D eigenvalue weighted by Gasteiger charge is -2.28. The van der Waals surface area contributed by atoms with Gasteiger partial charge in [0.05, 0.1) is 29.3 Å². The second-order valence-electron chi connectivity index (χ2n) is 7.90. The molecule has 0 spiro atoms. The molecule has 0 radical (unpaired) electrons. The van der Waals surface area contributed by atoms with Crippen molar-refractivity contribution in [3.63, 3.8) is 0 Å². The van der Waals surface area contributed by atoms with Crippen molar-refractivity contribution in [2.75, 3.05) is 33.4 Å². The molecule has 5 rings (SSSR count). The van der Waals surface area contributed by atoms with Crippen LogP contribution in [-0.2, 0) is 11.3 Å². The Morgan fingerprint density at radius 3 is 2.90 bits per heavy atom. The molecule has 2 aliphatic rings. The van der Waals surface area contributed by atoms with E-state index < -0.39 is 0 Å². The summed E-state index contributed by atoms with van der Waals surface area (Å²) in [5.74, 6) is 1.73. The summed E-state index contributed by atoms with van der Waals surface area (Å²) >= 11 is 1.69. The number of fused-ring (bicyclic) bond motifs is 2. The Hall–Kier alpha value is -2.64. The molecule has 2 aliphatic heterocycles. The summed E-state index contributed by atoms with van der Waals surface area (Å²) in [6.07, 6.45) is 2.00. The van der Waals surface area contributed by atoms with Crippen LogP contribution in [0.2, 0.25) is 0 Å². The van der Waals surface area contributed by atoms with E-state index in [2.05, 4.69) is 22.0 Å². The number of ether oxygens (including phenoxy) is 2. The van der Waals surface area contributed by atoms with Gasteiger partial charge in [0.25, 0.3) is 0 Å². The number of carbonyl (C=O) groups is 1. The van der Waals surface area contributed by atoms with Crippen LogP contribution in [0.15, 0.2) is 42.5 Å².